The molecule has 0 bridgehead atoms. The molecule has 2 N–H and O–H groups in total. The van der Waals surface area contributed by atoms with Crippen molar-refractivity contribution in [3.05, 3.63) is 12.8 Å². The van der Waals surface area contributed by atoms with Crippen molar-refractivity contribution in [2.45, 2.75) is 32.0 Å². The van der Waals surface area contributed by atoms with E-state index in [0.717, 1.165) is 6.26 Å². The summed E-state index contributed by atoms with van der Waals surface area (Å²) in [7, 11) is -4.22. The van der Waals surface area contributed by atoms with Gasteiger partial charge >= 0.3 is 7.60 Å². The average Bonchev–Trinajstić information content (AvgIpc) is 1.98. The molecule has 0 atom stereocenters. The number of ether oxygens (including phenoxy) is 1. The van der Waals surface area contributed by atoms with Crippen LogP contribution in [-0.4, -0.2) is 15.1 Å². The first-order valence-electron chi connectivity index (χ1n) is 3.78. The molecule has 0 amide bonds. The SMILES string of the molecule is C=COC(CC)(CC)P(=O)(O)O. The Morgan fingerprint density at radius 3 is 2.00 bits per heavy atom. The van der Waals surface area contributed by atoms with Crippen molar-refractivity contribution in [2.24, 2.45) is 0 Å². The minimum atomic E-state index is -4.22. The highest BCUT2D eigenvalue weighted by atomic mass is 31.2. The van der Waals surface area contributed by atoms with Crippen LogP contribution in [0.3, 0.4) is 0 Å². The normalized spacial score (nSPS) is 12.7. The summed E-state index contributed by atoms with van der Waals surface area (Å²) in [6.45, 7) is 6.63. The van der Waals surface area contributed by atoms with Crippen LogP contribution in [-0.2, 0) is 9.30 Å². The first kappa shape index (κ1) is 11.7. The van der Waals surface area contributed by atoms with Crippen LogP contribution in [0.25, 0.3) is 0 Å². The van der Waals surface area contributed by atoms with Crippen molar-refractivity contribution >= 4 is 7.60 Å². The maximum atomic E-state index is 11.0. The van der Waals surface area contributed by atoms with Crippen LogP contribution >= 0.6 is 7.60 Å². The van der Waals surface area contributed by atoms with Gasteiger partial charge in [0.2, 0.25) is 5.34 Å². The second-order valence-corrected chi connectivity index (χ2v) is 4.38. The lowest BCUT2D eigenvalue weighted by Crippen LogP contribution is -2.28. The summed E-state index contributed by atoms with van der Waals surface area (Å²) >= 11 is 0. The molecule has 12 heavy (non-hydrogen) atoms. The van der Waals surface area contributed by atoms with Crippen molar-refractivity contribution < 1.29 is 19.1 Å². The monoisotopic (exact) mass is 194 g/mol. The first-order valence-corrected chi connectivity index (χ1v) is 5.39. The van der Waals surface area contributed by atoms with Gasteiger partial charge in [0, 0.05) is 0 Å². The molecule has 72 valence electrons. The van der Waals surface area contributed by atoms with E-state index in [4.69, 9.17) is 14.5 Å². The van der Waals surface area contributed by atoms with Crippen molar-refractivity contribution in [1.29, 1.82) is 0 Å². The maximum Gasteiger partial charge on any atom is 0.368 e. The Labute approximate surface area is 72.4 Å². The molecule has 0 radical (unpaired) electrons. The van der Waals surface area contributed by atoms with Gasteiger partial charge in [-0.2, -0.15) is 0 Å². The molecule has 0 fully saturated rings. The van der Waals surface area contributed by atoms with Gasteiger partial charge in [0.15, 0.2) is 0 Å². The predicted molar refractivity (Wildman–Crippen MR) is 46.6 cm³/mol. The van der Waals surface area contributed by atoms with E-state index in [-0.39, 0.29) is 12.8 Å². The molecule has 0 aliphatic rings. The Kier molecular flexibility index (Phi) is 3.97. The van der Waals surface area contributed by atoms with E-state index in [1.807, 2.05) is 0 Å². The third-order valence-corrected chi connectivity index (χ3v) is 3.74. The molecule has 0 rings (SSSR count). The Bertz CT molecular complexity index is 192. The zero-order valence-corrected chi connectivity index (χ0v) is 8.25. The molecule has 0 heterocycles. The minimum absolute atomic E-state index is 0.264. The molecule has 4 nitrogen and oxygen atoms in total. The maximum absolute atomic E-state index is 11.0. The van der Waals surface area contributed by atoms with E-state index in [1.54, 1.807) is 13.8 Å². The summed E-state index contributed by atoms with van der Waals surface area (Å²) in [5.74, 6) is 0. The topological polar surface area (TPSA) is 66.8 Å². The summed E-state index contributed by atoms with van der Waals surface area (Å²) < 4.78 is 15.9. The minimum Gasteiger partial charge on any atom is -0.483 e. The Morgan fingerprint density at radius 2 is 1.92 bits per heavy atom. The quantitative estimate of drug-likeness (QED) is 0.517. The van der Waals surface area contributed by atoms with E-state index in [0.29, 0.717) is 0 Å². The highest BCUT2D eigenvalue weighted by Gasteiger charge is 2.45. The molecule has 0 saturated carbocycles. The van der Waals surface area contributed by atoms with Gasteiger partial charge in [-0.15, -0.1) is 0 Å². The fourth-order valence-electron chi connectivity index (χ4n) is 1.05. The predicted octanol–water partition coefficient (Wildman–Crippen LogP) is 1.84. The first-order chi connectivity index (χ1) is 5.43. The second-order valence-electron chi connectivity index (χ2n) is 2.48. The molecule has 0 saturated heterocycles. The standard InChI is InChI=1S/C7H15O4P/c1-4-7(5-2,11-6-3)12(8,9)10/h6H,3-5H2,1-2H3,(H2,8,9,10). The van der Waals surface area contributed by atoms with Crippen LogP contribution in [0.4, 0.5) is 0 Å². The van der Waals surface area contributed by atoms with Crippen LogP contribution in [0.1, 0.15) is 26.7 Å². The van der Waals surface area contributed by atoms with Gasteiger partial charge in [-0.05, 0) is 12.8 Å². The molecule has 0 aromatic carbocycles. The van der Waals surface area contributed by atoms with Gasteiger partial charge in [-0.3, -0.25) is 4.57 Å². The summed E-state index contributed by atoms with van der Waals surface area (Å²) in [6.07, 6.45) is 1.60. The highest BCUT2D eigenvalue weighted by molar-refractivity contribution is 7.53. The van der Waals surface area contributed by atoms with Gasteiger partial charge in [0.05, 0.1) is 6.26 Å². The van der Waals surface area contributed by atoms with Crippen LogP contribution in [0.5, 0.6) is 0 Å². The van der Waals surface area contributed by atoms with Crippen molar-refractivity contribution in [3.63, 3.8) is 0 Å². The van der Waals surface area contributed by atoms with Crippen molar-refractivity contribution in [1.82, 2.24) is 0 Å². The molecule has 0 aromatic heterocycles. The smallest absolute Gasteiger partial charge is 0.368 e. The van der Waals surface area contributed by atoms with Crippen LogP contribution in [0.15, 0.2) is 12.8 Å². The number of hydrogen-bond acceptors (Lipinski definition) is 2. The zero-order valence-electron chi connectivity index (χ0n) is 7.36. The van der Waals surface area contributed by atoms with E-state index < -0.39 is 12.9 Å². The fourth-order valence-corrected chi connectivity index (χ4v) is 2.09. The highest BCUT2D eigenvalue weighted by Crippen LogP contribution is 2.55. The van der Waals surface area contributed by atoms with Crippen LogP contribution < -0.4 is 0 Å². The lowest BCUT2D eigenvalue weighted by Gasteiger charge is -2.31. The molecule has 5 heteroatoms. The summed E-state index contributed by atoms with van der Waals surface area (Å²) in [6, 6.07) is 0. The third kappa shape index (κ3) is 2.09. The van der Waals surface area contributed by atoms with Gasteiger partial charge in [0.1, 0.15) is 0 Å². The van der Waals surface area contributed by atoms with Gasteiger partial charge in [0.25, 0.3) is 0 Å². The lowest BCUT2D eigenvalue weighted by molar-refractivity contribution is 0.0641. The number of hydrogen-bond donors (Lipinski definition) is 2. The van der Waals surface area contributed by atoms with Gasteiger partial charge in [-0.1, -0.05) is 20.4 Å². The molecule has 0 spiro atoms. The largest absolute Gasteiger partial charge is 0.483 e. The summed E-state index contributed by atoms with van der Waals surface area (Å²) in [4.78, 5) is 18.0. The van der Waals surface area contributed by atoms with Gasteiger partial charge < -0.3 is 14.5 Å². The van der Waals surface area contributed by atoms with E-state index in [1.165, 1.54) is 0 Å². The Morgan fingerprint density at radius 1 is 1.50 bits per heavy atom. The Hall–Kier alpha value is -0.310. The second kappa shape index (κ2) is 4.08. The summed E-state index contributed by atoms with van der Waals surface area (Å²) in [5.41, 5.74) is 0. The molecule has 0 aliphatic heterocycles. The number of rotatable bonds is 5. The van der Waals surface area contributed by atoms with Crippen molar-refractivity contribution in [3.8, 4) is 0 Å². The molecule has 0 aliphatic carbocycles. The van der Waals surface area contributed by atoms with Crippen molar-refractivity contribution in [2.75, 3.05) is 0 Å². The molecular formula is C7H15O4P. The molecular weight excluding hydrogens is 179 g/mol. The molecule has 0 unspecified atom stereocenters. The zero-order chi connectivity index (χ0) is 9.83. The lowest BCUT2D eigenvalue weighted by atomic mass is 10.2. The third-order valence-electron chi connectivity index (χ3n) is 1.94. The summed E-state index contributed by atoms with van der Waals surface area (Å²) in [5, 5.41) is -1.38. The van der Waals surface area contributed by atoms with Gasteiger partial charge in [-0.25, -0.2) is 0 Å². The van der Waals surface area contributed by atoms with E-state index in [2.05, 4.69) is 6.58 Å². The fraction of sp³-hybridized carbons (Fsp3) is 0.714. The van der Waals surface area contributed by atoms with Crippen LogP contribution in [0, 0.1) is 0 Å². The Balaban J connectivity index is 4.82. The molecule has 0 aromatic rings. The van der Waals surface area contributed by atoms with E-state index in [9.17, 15) is 4.57 Å². The van der Waals surface area contributed by atoms with E-state index >= 15 is 0 Å². The average molecular weight is 194 g/mol. The van der Waals surface area contributed by atoms with Crippen LogP contribution in [0.2, 0.25) is 0 Å².